The minimum absolute atomic E-state index is 0.0528. The van der Waals surface area contributed by atoms with Gasteiger partial charge in [-0.25, -0.2) is 9.37 Å². The van der Waals surface area contributed by atoms with Crippen molar-refractivity contribution in [3.8, 4) is 6.07 Å². The minimum Gasteiger partial charge on any atom is -0.323 e. The van der Waals surface area contributed by atoms with Crippen molar-refractivity contribution in [1.82, 2.24) is 4.98 Å². The maximum atomic E-state index is 13.2. The standard InChI is InChI=1S/C8H7ClFN3/c9-8-7(10)5(2-4-13-8)6(12)1-3-11/h2,4,6H,1,12H2/t6-/m0/s1. The lowest BCUT2D eigenvalue weighted by atomic mass is 10.1. The number of hydrogen-bond acceptors (Lipinski definition) is 3. The zero-order chi connectivity index (χ0) is 9.84. The van der Waals surface area contributed by atoms with E-state index in [4.69, 9.17) is 22.6 Å². The summed E-state index contributed by atoms with van der Waals surface area (Å²) in [4.78, 5) is 3.53. The summed E-state index contributed by atoms with van der Waals surface area (Å²) < 4.78 is 13.2. The van der Waals surface area contributed by atoms with E-state index in [1.54, 1.807) is 0 Å². The second-order valence-corrected chi connectivity index (χ2v) is 2.83. The number of nitrogens with zero attached hydrogens (tertiary/aromatic N) is 2. The Morgan fingerprint density at radius 1 is 1.77 bits per heavy atom. The molecule has 13 heavy (non-hydrogen) atoms. The predicted molar refractivity (Wildman–Crippen MR) is 46.4 cm³/mol. The average molecular weight is 200 g/mol. The molecular formula is C8H7ClFN3. The SMILES string of the molecule is N#CC[C@H](N)c1ccnc(Cl)c1F. The lowest BCUT2D eigenvalue weighted by molar-refractivity contribution is 0.579. The summed E-state index contributed by atoms with van der Waals surface area (Å²) >= 11 is 5.43. The van der Waals surface area contributed by atoms with E-state index in [1.807, 2.05) is 6.07 Å². The van der Waals surface area contributed by atoms with Gasteiger partial charge in [0, 0.05) is 17.8 Å². The normalized spacial score (nSPS) is 12.2. The van der Waals surface area contributed by atoms with Gasteiger partial charge < -0.3 is 5.73 Å². The van der Waals surface area contributed by atoms with Crippen LogP contribution in [0.3, 0.4) is 0 Å². The number of halogens is 2. The van der Waals surface area contributed by atoms with E-state index in [0.717, 1.165) is 0 Å². The van der Waals surface area contributed by atoms with E-state index in [-0.39, 0.29) is 17.1 Å². The van der Waals surface area contributed by atoms with Crippen LogP contribution in [0.15, 0.2) is 12.3 Å². The highest BCUT2D eigenvalue weighted by Crippen LogP contribution is 2.21. The molecule has 0 aliphatic heterocycles. The molecule has 1 rings (SSSR count). The lowest BCUT2D eigenvalue weighted by Crippen LogP contribution is -2.11. The molecule has 0 saturated heterocycles. The molecule has 5 heteroatoms. The zero-order valence-electron chi connectivity index (χ0n) is 6.67. The molecule has 1 aromatic heterocycles. The van der Waals surface area contributed by atoms with Gasteiger partial charge in [0.1, 0.15) is 0 Å². The Hall–Kier alpha value is -1.18. The summed E-state index contributed by atoms with van der Waals surface area (Å²) in [6, 6.07) is 2.63. The Morgan fingerprint density at radius 3 is 3.08 bits per heavy atom. The van der Waals surface area contributed by atoms with Gasteiger partial charge in [0.05, 0.1) is 12.5 Å². The van der Waals surface area contributed by atoms with Crippen molar-refractivity contribution in [3.63, 3.8) is 0 Å². The average Bonchev–Trinajstić information content (AvgIpc) is 2.10. The summed E-state index contributed by atoms with van der Waals surface area (Å²) in [6.45, 7) is 0. The Bertz CT molecular complexity index is 348. The molecule has 0 saturated carbocycles. The van der Waals surface area contributed by atoms with Crippen LogP contribution in [0.5, 0.6) is 0 Å². The molecule has 3 nitrogen and oxygen atoms in total. The van der Waals surface area contributed by atoms with Crippen LogP contribution >= 0.6 is 11.6 Å². The summed E-state index contributed by atoms with van der Waals surface area (Å²) in [6.07, 6.45) is 1.41. The van der Waals surface area contributed by atoms with Crippen molar-refractivity contribution in [2.75, 3.05) is 0 Å². The van der Waals surface area contributed by atoms with Gasteiger partial charge >= 0.3 is 0 Å². The lowest BCUT2D eigenvalue weighted by Gasteiger charge is -2.08. The highest BCUT2D eigenvalue weighted by molar-refractivity contribution is 6.29. The predicted octanol–water partition coefficient (Wildman–Crippen LogP) is 1.79. The Balaban J connectivity index is 3.02. The van der Waals surface area contributed by atoms with Crippen molar-refractivity contribution in [3.05, 3.63) is 28.8 Å². The van der Waals surface area contributed by atoms with Crippen molar-refractivity contribution < 1.29 is 4.39 Å². The first-order valence-electron chi connectivity index (χ1n) is 3.59. The van der Waals surface area contributed by atoms with Gasteiger partial charge in [-0.15, -0.1) is 0 Å². The largest absolute Gasteiger partial charge is 0.323 e. The minimum atomic E-state index is -0.648. The number of aromatic nitrogens is 1. The highest BCUT2D eigenvalue weighted by Gasteiger charge is 2.13. The van der Waals surface area contributed by atoms with Crippen molar-refractivity contribution >= 4 is 11.6 Å². The maximum Gasteiger partial charge on any atom is 0.165 e. The van der Waals surface area contributed by atoms with Crippen LogP contribution in [0.2, 0.25) is 5.15 Å². The molecule has 0 spiro atoms. The third kappa shape index (κ3) is 2.14. The van der Waals surface area contributed by atoms with E-state index in [0.29, 0.717) is 0 Å². The molecule has 0 fully saturated rings. The molecule has 0 aromatic carbocycles. The number of hydrogen-bond donors (Lipinski definition) is 1. The number of pyridine rings is 1. The second-order valence-electron chi connectivity index (χ2n) is 2.47. The van der Waals surface area contributed by atoms with Crippen molar-refractivity contribution in [1.29, 1.82) is 5.26 Å². The van der Waals surface area contributed by atoms with Gasteiger partial charge in [-0.3, -0.25) is 0 Å². The molecule has 2 N–H and O–H groups in total. The molecule has 0 unspecified atom stereocenters. The summed E-state index contributed by atoms with van der Waals surface area (Å²) in [5, 5.41) is 8.14. The van der Waals surface area contributed by atoms with Crippen LogP contribution in [0.1, 0.15) is 18.0 Å². The fraction of sp³-hybridized carbons (Fsp3) is 0.250. The second kappa shape index (κ2) is 4.17. The topological polar surface area (TPSA) is 62.7 Å². The first-order valence-corrected chi connectivity index (χ1v) is 3.97. The number of rotatable bonds is 2. The maximum absolute atomic E-state index is 13.2. The smallest absolute Gasteiger partial charge is 0.165 e. The van der Waals surface area contributed by atoms with Gasteiger partial charge in [0.15, 0.2) is 11.0 Å². The fourth-order valence-corrected chi connectivity index (χ4v) is 1.09. The molecular weight excluding hydrogens is 193 g/mol. The fourth-order valence-electron chi connectivity index (χ4n) is 0.927. The third-order valence-electron chi connectivity index (χ3n) is 1.59. The molecule has 0 radical (unpaired) electrons. The molecule has 68 valence electrons. The van der Waals surface area contributed by atoms with Crippen molar-refractivity contribution in [2.24, 2.45) is 5.73 Å². The zero-order valence-corrected chi connectivity index (χ0v) is 7.42. The van der Waals surface area contributed by atoms with E-state index in [2.05, 4.69) is 4.98 Å². The van der Waals surface area contributed by atoms with E-state index >= 15 is 0 Å². The van der Waals surface area contributed by atoms with Crippen LogP contribution in [0, 0.1) is 17.1 Å². The van der Waals surface area contributed by atoms with Crippen LogP contribution in [-0.2, 0) is 0 Å². The van der Waals surface area contributed by atoms with Gasteiger partial charge in [-0.2, -0.15) is 5.26 Å². The molecule has 1 heterocycles. The van der Waals surface area contributed by atoms with Gasteiger partial charge in [-0.1, -0.05) is 11.6 Å². The van der Waals surface area contributed by atoms with Crippen LogP contribution in [0.4, 0.5) is 4.39 Å². The molecule has 0 bridgehead atoms. The summed E-state index contributed by atoms with van der Waals surface area (Å²) in [5.74, 6) is -0.646. The monoisotopic (exact) mass is 199 g/mol. The molecule has 1 atom stereocenters. The first-order chi connectivity index (χ1) is 6.16. The summed E-state index contributed by atoms with van der Waals surface area (Å²) in [7, 11) is 0. The van der Waals surface area contributed by atoms with E-state index < -0.39 is 11.9 Å². The highest BCUT2D eigenvalue weighted by atomic mass is 35.5. The van der Waals surface area contributed by atoms with E-state index in [9.17, 15) is 4.39 Å². The third-order valence-corrected chi connectivity index (χ3v) is 1.85. The Morgan fingerprint density at radius 2 is 2.46 bits per heavy atom. The molecule has 0 aliphatic rings. The Labute approximate surface area is 79.9 Å². The van der Waals surface area contributed by atoms with Gasteiger partial charge in [-0.05, 0) is 6.07 Å². The van der Waals surface area contributed by atoms with E-state index in [1.165, 1.54) is 12.3 Å². The van der Waals surface area contributed by atoms with Crippen LogP contribution in [-0.4, -0.2) is 4.98 Å². The van der Waals surface area contributed by atoms with Crippen molar-refractivity contribution in [2.45, 2.75) is 12.5 Å². The quantitative estimate of drug-likeness (QED) is 0.739. The van der Waals surface area contributed by atoms with Crippen LogP contribution < -0.4 is 5.73 Å². The number of nitriles is 1. The Kier molecular flexibility index (Phi) is 3.18. The van der Waals surface area contributed by atoms with Gasteiger partial charge in [0.25, 0.3) is 0 Å². The first kappa shape index (κ1) is 9.90. The molecule has 0 amide bonds. The van der Waals surface area contributed by atoms with Crippen LogP contribution in [0.25, 0.3) is 0 Å². The number of nitrogens with two attached hydrogens (primary N) is 1. The van der Waals surface area contributed by atoms with Gasteiger partial charge in [0.2, 0.25) is 0 Å². The summed E-state index contributed by atoms with van der Waals surface area (Å²) in [5.41, 5.74) is 5.75. The molecule has 1 aromatic rings. The molecule has 0 aliphatic carbocycles.